The molecule has 6 nitrogen and oxygen atoms in total. The molecule has 2 amide bonds. The molecule has 1 N–H and O–H groups in total. The van der Waals surface area contributed by atoms with Crippen molar-refractivity contribution in [2.45, 2.75) is 44.3 Å². The molecule has 3 heterocycles. The van der Waals surface area contributed by atoms with E-state index in [2.05, 4.69) is 10.3 Å². The molecule has 2 aliphatic heterocycles. The second kappa shape index (κ2) is 10.7. The highest BCUT2D eigenvalue weighted by Gasteiger charge is 2.42. The standard InChI is InChI=1S/C31H30ClF3N4O2/c32-25-4-2-1-3-23(25)28(40)37-26-9-7-20-5-6-21(17-24(20)26)29(41)39-16-13-30(19-39)11-14-38(15-12-30)27-10-8-22(18-36-27)31(33,34)35/h1-6,8,10,17-18,26H,7,9,11-16,19H2,(H,37,40). The summed E-state index contributed by atoms with van der Waals surface area (Å²) >= 11 is 6.21. The van der Waals surface area contributed by atoms with Gasteiger partial charge in [-0.15, -0.1) is 0 Å². The van der Waals surface area contributed by atoms with Crippen molar-refractivity contribution in [3.63, 3.8) is 0 Å². The molecule has 214 valence electrons. The van der Waals surface area contributed by atoms with Crippen LogP contribution in [-0.2, 0) is 12.6 Å². The Morgan fingerprint density at radius 3 is 2.46 bits per heavy atom. The van der Waals surface area contributed by atoms with Gasteiger partial charge in [-0.1, -0.05) is 29.8 Å². The molecule has 1 unspecified atom stereocenters. The summed E-state index contributed by atoms with van der Waals surface area (Å²) in [4.78, 5) is 34.4. The third kappa shape index (κ3) is 5.52. The quantitative estimate of drug-likeness (QED) is 0.392. The van der Waals surface area contributed by atoms with Gasteiger partial charge in [-0.25, -0.2) is 4.98 Å². The first-order valence-electron chi connectivity index (χ1n) is 13.9. The largest absolute Gasteiger partial charge is 0.417 e. The molecule has 0 saturated carbocycles. The first-order chi connectivity index (χ1) is 19.6. The van der Waals surface area contributed by atoms with Gasteiger partial charge in [0.15, 0.2) is 0 Å². The molecule has 10 heteroatoms. The molecule has 1 atom stereocenters. The lowest BCUT2D eigenvalue weighted by Crippen LogP contribution is -2.42. The number of piperidine rings is 1. The first kappa shape index (κ1) is 27.6. The zero-order valence-electron chi connectivity index (χ0n) is 22.4. The van der Waals surface area contributed by atoms with E-state index < -0.39 is 11.7 Å². The fourth-order valence-electron chi connectivity index (χ4n) is 6.42. The number of alkyl halides is 3. The van der Waals surface area contributed by atoms with E-state index in [1.165, 1.54) is 6.07 Å². The summed E-state index contributed by atoms with van der Waals surface area (Å²) in [7, 11) is 0. The molecule has 2 saturated heterocycles. The zero-order valence-corrected chi connectivity index (χ0v) is 23.1. The van der Waals surface area contributed by atoms with Crippen LogP contribution in [0.3, 0.4) is 0 Å². The van der Waals surface area contributed by atoms with Crippen molar-refractivity contribution < 1.29 is 22.8 Å². The number of hydrogen-bond acceptors (Lipinski definition) is 4. The number of rotatable bonds is 4. The van der Waals surface area contributed by atoms with Crippen LogP contribution < -0.4 is 10.2 Å². The highest BCUT2D eigenvalue weighted by Crippen LogP contribution is 2.42. The van der Waals surface area contributed by atoms with Gasteiger partial charge in [0.1, 0.15) is 5.82 Å². The lowest BCUT2D eigenvalue weighted by Gasteiger charge is -2.39. The molecule has 1 aromatic heterocycles. The number of aromatic nitrogens is 1. The van der Waals surface area contributed by atoms with Crippen LogP contribution in [0.15, 0.2) is 60.8 Å². The molecule has 2 aromatic carbocycles. The van der Waals surface area contributed by atoms with Gasteiger partial charge in [-0.3, -0.25) is 9.59 Å². The highest BCUT2D eigenvalue weighted by atomic mass is 35.5. The van der Waals surface area contributed by atoms with Crippen LogP contribution in [-0.4, -0.2) is 47.9 Å². The smallest absolute Gasteiger partial charge is 0.357 e. The summed E-state index contributed by atoms with van der Waals surface area (Å²) in [5, 5.41) is 3.49. The Hall–Kier alpha value is -3.59. The van der Waals surface area contributed by atoms with Crippen molar-refractivity contribution in [1.82, 2.24) is 15.2 Å². The third-order valence-corrected chi connectivity index (χ3v) is 9.17. The molecule has 6 rings (SSSR count). The molecule has 0 bridgehead atoms. The second-order valence-corrected chi connectivity index (χ2v) is 11.7. The summed E-state index contributed by atoms with van der Waals surface area (Å²) < 4.78 is 38.7. The average Bonchev–Trinajstić information content (AvgIpc) is 3.57. The minimum Gasteiger partial charge on any atom is -0.357 e. The topological polar surface area (TPSA) is 65.5 Å². The van der Waals surface area contributed by atoms with Crippen molar-refractivity contribution >= 4 is 29.2 Å². The molecule has 1 spiro atoms. The number of carbonyl (C=O) groups is 2. The van der Waals surface area contributed by atoms with Crippen LogP contribution in [0.1, 0.15) is 69.1 Å². The van der Waals surface area contributed by atoms with Crippen LogP contribution in [0.5, 0.6) is 0 Å². The SMILES string of the molecule is O=C(NC1CCc2ccc(C(=O)N3CCC4(CCN(c5ccc(C(F)(F)F)cn5)CC4)C3)cc21)c1ccccc1Cl. The van der Waals surface area contributed by atoms with E-state index in [1.54, 1.807) is 24.3 Å². The van der Waals surface area contributed by atoms with Crippen molar-refractivity contribution in [3.05, 3.63) is 93.6 Å². The molecule has 0 radical (unpaired) electrons. The van der Waals surface area contributed by atoms with Gasteiger partial charge < -0.3 is 15.1 Å². The maximum absolute atomic E-state index is 13.6. The van der Waals surface area contributed by atoms with Gasteiger partial charge in [0.25, 0.3) is 11.8 Å². The van der Waals surface area contributed by atoms with Gasteiger partial charge in [0.05, 0.1) is 22.2 Å². The minimum absolute atomic E-state index is 0.000258. The van der Waals surface area contributed by atoms with Crippen LogP contribution in [0.25, 0.3) is 0 Å². The Balaban J connectivity index is 1.09. The number of carbonyl (C=O) groups excluding carboxylic acids is 2. The van der Waals surface area contributed by atoms with E-state index in [4.69, 9.17) is 11.6 Å². The van der Waals surface area contributed by atoms with E-state index >= 15 is 0 Å². The Labute approximate surface area is 241 Å². The summed E-state index contributed by atoms with van der Waals surface area (Å²) in [6.07, 6.45) is 0.670. The van der Waals surface area contributed by atoms with Gasteiger partial charge >= 0.3 is 6.18 Å². The Kier molecular flexibility index (Phi) is 7.18. The molecular weight excluding hydrogens is 553 g/mol. The number of anilines is 1. The minimum atomic E-state index is -4.40. The number of fused-ring (bicyclic) bond motifs is 1. The average molecular weight is 583 g/mol. The van der Waals surface area contributed by atoms with E-state index in [-0.39, 0.29) is 23.3 Å². The molecule has 3 aliphatic rings. The fourth-order valence-corrected chi connectivity index (χ4v) is 6.64. The Morgan fingerprint density at radius 2 is 1.76 bits per heavy atom. The number of nitrogens with one attached hydrogen (secondary N) is 1. The summed E-state index contributed by atoms with van der Waals surface area (Å²) in [6.45, 7) is 2.70. The third-order valence-electron chi connectivity index (χ3n) is 8.84. The highest BCUT2D eigenvalue weighted by molar-refractivity contribution is 6.33. The number of benzene rings is 2. The first-order valence-corrected chi connectivity index (χ1v) is 14.3. The summed E-state index contributed by atoms with van der Waals surface area (Å²) in [5.74, 6) is 0.303. The molecule has 2 fully saturated rings. The van der Waals surface area contributed by atoms with Crippen molar-refractivity contribution in [2.24, 2.45) is 5.41 Å². The maximum Gasteiger partial charge on any atom is 0.417 e. The number of hydrogen-bond donors (Lipinski definition) is 1. The normalized spacial score (nSPS) is 19.9. The summed E-state index contributed by atoms with van der Waals surface area (Å²) in [5.41, 5.74) is 2.40. The number of likely N-dealkylation sites (tertiary alicyclic amines) is 1. The molecule has 3 aromatic rings. The molecule has 1 aliphatic carbocycles. The zero-order chi connectivity index (χ0) is 28.8. The predicted molar refractivity (Wildman–Crippen MR) is 150 cm³/mol. The van der Waals surface area contributed by atoms with Gasteiger partial charge in [-0.05, 0) is 85.0 Å². The number of nitrogens with zero attached hydrogens (tertiary/aromatic N) is 3. The van der Waals surface area contributed by atoms with E-state index in [1.807, 2.05) is 28.0 Å². The van der Waals surface area contributed by atoms with Crippen molar-refractivity contribution in [1.29, 1.82) is 0 Å². The number of aryl methyl sites for hydroxylation is 1. The Morgan fingerprint density at radius 1 is 1.00 bits per heavy atom. The van der Waals surface area contributed by atoms with E-state index in [0.29, 0.717) is 48.1 Å². The van der Waals surface area contributed by atoms with Crippen LogP contribution >= 0.6 is 11.6 Å². The number of halogens is 4. The van der Waals surface area contributed by atoms with Crippen LogP contribution in [0.2, 0.25) is 5.02 Å². The monoisotopic (exact) mass is 582 g/mol. The second-order valence-electron chi connectivity index (χ2n) is 11.3. The lowest BCUT2D eigenvalue weighted by atomic mass is 9.78. The van der Waals surface area contributed by atoms with Crippen molar-refractivity contribution in [3.8, 4) is 0 Å². The van der Waals surface area contributed by atoms with Gasteiger partial charge in [0, 0.05) is 37.9 Å². The van der Waals surface area contributed by atoms with Crippen LogP contribution in [0, 0.1) is 5.41 Å². The Bertz CT molecular complexity index is 1470. The predicted octanol–water partition coefficient (Wildman–Crippen LogP) is 6.30. The van der Waals surface area contributed by atoms with E-state index in [0.717, 1.165) is 55.5 Å². The number of pyridine rings is 1. The van der Waals surface area contributed by atoms with Crippen molar-refractivity contribution in [2.75, 3.05) is 31.1 Å². The summed E-state index contributed by atoms with van der Waals surface area (Å²) in [6, 6.07) is 15.1. The molecule has 41 heavy (non-hydrogen) atoms. The van der Waals surface area contributed by atoms with Gasteiger partial charge in [0.2, 0.25) is 0 Å². The lowest BCUT2D eigenvalue weighted by molar-refractivity contribution is -0.137. The van der Waals surface area contributed by atoms with E-state index in [9.17, 15) is 22.8 Å². The fraction of sp³-hybridized carbons (Fsp3) is 0.387. The van der Waals surface area contributed by atoms with Gasteiger partial charge in [-0.2, -0.15) is 13.2 Å². The maximum atomic E-state index is 13.6. The molecular formula is C31H30ClF3N4O2. The van der Waals surface area contributed by atoms with Crippen LogP contribution in [0.4, 0.5) is 19.0 Å². The number of amides is 2.